The van der Waals surface area contributed by atoms with Gasteiger partial charge in [0.1, 0.15) is 0 Å². The van der Waals surface area contributed by atoms with Crippen molar-refractivity contribution in [2.45, 2.75) is 18.8 Å². The van der Waals surface area contributed by atoms with Crippen LogP contribution in [-0.2, 0) is 20.7 Å². The van der Waals surface area contributed by atoms with Gasteiger partial charge in [0.2, 0.25) is 5.91 Å². The molecular formula is C13H20N2O3. The van der Waals surface area contributed by atoms with E-state index < -0.39 is 12.3 Å². The summed E-state index contributed by atoms with van der Waals surface area (Å²) in [4.78, 5) is 11.7. The number of rotatable bonds is 7. The van der Waals surface area contributed by atoms with E-state index in [0.717, 1.165) is 5.56 Å². The molecule has 0 aliphatic rings. The van der Waals surface area contributed by atoms with Crippen LogP contribution in [0.5, 0.6) is 0 Å². The Morgan fingerprint density at radius 2 is 1.89 bits per heavy atom. The van der Waals surface area contributed by atoms with Crippen molar-refractivity contribution in [2.24, 2.45) is 5.73 Å². The summed E-state index contributed by atoms with van der Waals surface area (Å²) in [7, 11) is 3.04. The predicted molar refractivity (Wildman–Crippen MR) is 68.9 cm³/mol. The van der Waals surface area contributed by atoms with Crippen LogP contribution in [0.4, 0.5) is 0 Å². The lowest BCUT2D eigenvalue weighted by Crippen LogP contribution is -2.45. The van der Waals surface area contributed by atoms with Gasteiger partial charge >= 0.3 is 0 Å². The van der Waals surface area contributed by atoms with Crippen molar-refractivity contribution in [1.82, 2.24) is 5.32 Å². The maximum absolute atomic E-state index is 11.7. The molecule has 0 bridgehead atoms. The van der Waals surface area contributed by atoms with Crippen LogP contribution in [-0.4, -0.2) is 39.0 Å². The lowest BCUT2D eigenvalue weighted by molar-refractivity contribution is -0.128. The number of benzene rings is 1. The highest BCUT2D eigenvalue weighted by Crippen LogP contribution is 2.01. The topological polar surface area (TPSA) is 73.6 Å². The molecule has 1 rings (SSSR count). The minimum atomic E-state index is -0.568. The molecule has 0 aromatic heterocycles. The zero-order valence-corrected chi connectivity index (χ0v) is 10.8. The van der Waals surface area contributed by atoms with Gasteiger partial charge in [0.15, 0.2) is 6.29 Å². The van der Waals surface area contributed by atoms with Crippen molar-refractivity contribution in [2.75, 3.05) is 20.8 Å². The first-order valence-electron chi connectivity index (χ1n) is 5.80. The number of methoxy groups -OCH3 is 2. The fraction of sp³-hybridized carbons (Fsp3) is 0.462. The lowest BCUT2D eigenvalue weighted by Gasteiger charge is -2.16. The van der Waals surface area contributed by atoms with Crippen molar-refractivity contribution in [3.05, 3.63) is 35.9 Å². The Balaban J connectivity index is 2.37. The summed E-state index contributed by atoms with van der Waals surface area (Å²) in [6, 6.07) is 9.09. The fourth-order valence-electron chi connectivity index (χ4n) is 1.54. The molecule has 1 aromatic rings. The van der Waals surface area contributed by atoms with E-state index in [1.807, 2.05) is 30.3 Å². The summed E-state index contributed by atoms with van der Waals surface area (Å²) < 4.78 is 9.94. The van der Waals surface area contributed by atoms with Crippen LogP contribution in [0.3, 0.4) is 0 Å². The number of nitrogens with one attached hydrogen (secondary N) is 1. The second kappa shape index (κ2) is 7.81. The second-order valence-corrected chi connectivity index (χ2v) is 3.94. The van der Waals surface area contributed by atoms with Gasteiger partial charge in [0, 0.05) is 14.2 Å². The Morgan fingerprint density at radius 1 is 1.28 bits per heavy atom. The Labute approximate surface area is 107 Å². The summed E-state index contributed by atoms with van der Waals surface area (Å²) in [6.07, 6.45) is 0.0648. The minimum absolute atomic E-state index is 0.210. The molecule has 0 saturated heterocycles. The van der Waals surface area contributed by atoms with E-state index in [2.05, 4.69) is 5.32 Å². The summed E-state index contributed by atoms with van der Waals surface area (Å²) in [5.41, 5.74) is 6.86. The molecule has 3 N–H and O–H groups in total. The molecule has 100 valence electrons. The largest absolute Gasteiger partial charge is 0.354 e. The van der Waals surface area contributed by atoms with Crippen LogP contribution in [0.25, 0.3) is 0 Å². The van der Waals surface area contributed by atoms with Crippen LogP contribution < -0.4 is 11.1 Å². The summed E-state index contributed by atoms with van der Waals surface area (Å²) in [6.45, 7) is 0.286. The molecule has 0 heterocycles. The monoisotopic (exact) mass is 252 g/mol. The van der Waals surface area contributed by atoms with Crippen LogP contribution in [0, 0.1) is 0 Å². The highest BCUT2D eigenvalue weighted by molar-refractivity contribution is 5.81. The van der Waals surface area contributed by atoms with Gasteiger partial charge in [-0.05, 0) is 12.0 Å². The van der Waals surface area contributed by atoms with E-state index in [1.165, 1.54) is 14.2 Å². The molecule has 0 unspecified atom stereocenters. The van der Waals surface area contributed by atoms with Crippen molar-refractivity contribution in [3.8, 4) is 0 Å². The van der Waals surface area contributed by atoms with Gasteiger partial charge in [0.25, 0.3) is 0 Å². The van der Waals surface area contributed by atoms with Crippen LogP contribution in [0.2, 0.25) is 0 Å². The van der Waals surface area contributed by atoms with Gasteiger partial charge in [-0.3, -0.25) is 4.79 Å². The number of hydrogen-bond acceptors (Lipinski definition) is 4. The van der Waals surface area contributed by atoms with Gasteiger partial charge in [-0.15, -0.1) is 0 Å². The number of hydrogen-bond donors (Lipinski definition) is 2. The maximum Gasteiger partial charge on any atom is 0.237 e. The molecule has 0 radical (unpaired) electrons. The highest BCUT2D eigenvalue weighted by Gasteiger charge is 2.15. The zero-order valence-electron chi connectivity index (χ0n) is 10.8. The third-order valence-electron chi connectivity index (χ3n) is 2.60. The van der Waals surface area contributed by atoms with Crippen LogP contribution in [0.15, 0.2) is 30.3 Å². The van der Waals surface area contributed by atoms with Gasteiger partial charge in [0.05, 0.1) is 12.6 Å². The first-order valence-corrected chi connectivity index (χ1v) is 5.80. The van der Waals surface area contributed by atoms with E-state index in [-0.39, 0.29) is 12.5 Å². The van der Waals surface area contributed by atoms with Gasteiger partial charge in [-0.25, -0.2) is 0 Å². The molecular weight excluding hydrogens is 232 g/mol. The van der Waals surface area contributed by atoms with Crippen molar-refractivity contribution in [3.63, 3.8) is 0 Å². The van der Waals surface area contributed by atoms with Crippen molar-refractivity contribution in [1.29, 1.82) is 0 Å². The molecule has 1 atom stereocenters. The average molecular weight is 252 g/mol. The number of carbonyl (C=O) groups excluding carboxylic acids is 1. The second-order valence-electron chi connectivity index (χ2n) is 3.94. The highest BCUT2D eigenvalue weighted by atomic mass is 16.7. The Morgan fingerprint density at radius 3 is 2.44 bits per heavy atom. The van der Waals surface area contributed by atoms with Crippen molar-refractivity contribution < 1.29 is 14.3 Å². The number of amides is 1. The Kier molecular flexibility index (Phi) is 6.35. The lowest BCUT2D eigenvalue weighted by atomic mass is 10.1. The molecule has 1 amide bonds. The smallest absolute Gasteiger partial charge is 0.237 e. The van der Waals surface area contributed by atoms with E-state index in [0.29, 0.717) is 6.42 Å². The molecule has 0 aliphatic carbocycles. The van der Waals surface area contributed by atoms with Crippen LogP contribution >= 0.6 is 0 Å². The predicted octanol–water partition coefficient (Wildman–Crippen LogP) is 0.292. The van der Waals surface area contributed by atoms with Gasteiger partial charge in [-0.1, -0.05) is 30.3 Å². The molecule has 0 aliphatic heterocycles. The standard InChI is InChI=1S/C13H20N2O3/c1-17-12(18-2)9-15-13(16)11(14)8-10-6-4-3-5-7-10/h3-7,11-12H,8-9,14H2,1-2H3,(H,15,16)/t11-/m0/s1. The number of carbonyl (C=O) groups is 1. The van der Waals surface area contributed by atoms with E-state index in [9.17, 15) is 4.79 Å². The first-order chi connectivity index (χ1) is 8.67. The molecule has 0 fully saturated rings. The Hall–Kier alpha value is -1.43. The Bertz CT molecular complexity index is 353. The van der Waals surface area contributed by atoms with E-state index in [1.54, 1.807) is 0 Å². The molecule has 0 saturated carbocycles. The summed E-state index contributed by atoms with van der Waals surface area (Å²) >= 11 is 0. The number of ether oxygens (including phenoxy) is 2. The van der Waals surface area contributed by atoms with Crippen LogP contribution in [0.1, 0.15) is 5.56 Å². The molecule has 18 heavy (non-hydrogen) atoms. The molecule has 0 spiro atoms. The van der Waals surface area contributed by atoms with Gasteiger partial charge < -0.3 is 20.5 Å². The molecule has 5 heteroatoms. The zero-order chi connectivity index (χ0) is 13.4. The third kappa shape index (κ3) is 4.83. The average Bonchev–Trinajstić information content (AvgIpc) is 2.40. The van der Waals surface area contributed by atoms with Crippen molar-refractivity contribution >= 4 is 5.91 Å². The van der Waals surface area contributed by atoms with Gasteiger partial charge in [-0.2, -0.15) is 0 Å². The third-order valence-corrected chi connectivity index (χ3v) is 2.60. The molecule has 1 aromatic carbocycles. The van der Waals surface area contributed by atoms with E-state index >= 15 is 0 Å². The summed E-state index contributed by atoms with van der Waals surface area (Å²) in [5.74, 6) is -0.210. The molecule has 5 nitrogen and oxygen atoms in total. The first kappa shape index (κ1) is 14.6. The fourth-order valence-corrected chi connectivity index (χ4v) is 1.54. The normalized spacial score (nSPS) is 12.4. The number of nitrogens with two attached hydrogens (primary N) is 1. The maximum atomic E-state index is 11.7. The summed E-state index contributed by atoms with van der Waals surface area (Å²) in [5, 5.41) is 2.69. The minimum Gasteiger partial charge on any atom is -0.354 e. The SMILES string of the molecule is COC(CNC(=O)[C@@H](N)Cc1ccccc1)OC. The quantitative estimate of drug-likeness (QED) is 0.684. The van der Waals surface area contributed by atoms with E-state index in [4.69, 9.17) is 15.2 Å².